The molecule has 0 heterocycles. The summed E-state index contributed by atoms with van der Waals surface area (Å²) in [6.07, 6.45) is 0.163. The molecule has 3 rings (SSSR count). The lowest BCUT2D eigenvalue weighted by molar-refractivity contribution is -0.110. The molecule has 0 spiro atoms. The SMILES string of the molecule is NS(=O)(=O)c1ccc(NC(=O)/C(Cc2ccc(O)cc2)=N/OCc2ccccc2)cc1. The number of carbonyl (C=O) groups is 1. The highest BCUT2D eigenvalue weighted by atomic mass is 32.2. The number of phenols is 1. The fourth-order valence-corrected chi connectivity index (χ4v) is 3.17. The molecule has 9 heteroatoms. The molecule has 0 unspecified atom stereocenters. The highest BCUT2D eigenvalue weighted by Crippen LogP contribution is 2.15. The molecule has 0 saturated carbocycles. The van der Waals surface area contributed by atoms with Gasteiger partial charge >= 0.3 is 0 Å². The summed E-state index contributed by atoms with van der Waals surface area (Å²) in [5, 5.41) is 21.2. The Kier molecular flexibility index (Phi) is 7.01. The van der Waals surface area contributed by atoms with Gasteiger partial charge < -0.3 is 15.3 Å². The van der Waals surface area contributed by atoms with Crippen LogP contribution in [0.25, 0.3) is 0 Å². The van der Waals surface area contributed by atoms with Crippen LogP contribution in [0.1, 0.15) is 11.1 Å². The Morgan fingerprint density at radius 1 is 0.935 bits per heavy atom. The number of rotatable bonds is 8. The van der Waals surface area contributed by atoms with Gasteiger partial charge in [0.2, 0.25) is 10.0 Å². The van der Waals surface area contributed by atoms with Crippen LogP contribution in [0.15, 0.2) is 88.9 Å². The topological polar surface area (TPSA) is 131 Å². The van der Waals surface area contributed by atoms with E-state index < -0.39 is 15.9 Å². The Labute approximate surface area is 180 Å². The number of phenolic OH excluding ortho intramolecular Hbond substituents is 1. The molecule has 0 aliphatic carbocycles. The maximum absolute atomic E-state index is 12.8. The number of nitrogens with zero attached hydrogens (tertiary/aromatic N) is 1. The number of sulfonamides is 1. The molecule has 3 aromatic carbocycles. The van der Waals surface area contributed by atoms with Crippen LogP contribution in [0.4, 0.5) is 5.69 Å². The summed E-state index contributed by atoms with van der Waals surface area (Å²) >= 11 is 0. The molecule has 4 N–H and O–H groups in total. The molecule has 160 valence electrons. The summed E-state index contributed by atoms with van der Waals surface area (Å²) in [5.74, 6) is -0.397. The summed E-state index contributed by atoms with van der Waals surface area (Å²) < 4.78 is 22.7. The Bertz CT molecular complexity index is 1160. The van der Waals surface area contributed by atoms with Gasteiger partial charge in [0.1, 0.15) is 18.1 Å². The summed E-state index contributed by atoms with van der Waals surface area (Å²) in [7, 11) is -3.82. The molecule has 0 aliphatic rings. The Morgan fingerprint density at radius 3 is 2.19 bits per heavy atom. The van der Waals surface area contributed by atoms with Crippen molar-refractivity contribution in [1.82, 2.24) is 0 Å². The van der Waals surface area contributed by atoms with Crippen LogP contribution in [0, 0.1) is 0 Å². The zero-order valence-electron chi connectivity index (χ0n) is 16.4. The fraction of sp³-hybridized carbons (Fsp3) is 0.0909. The molecule has 0 fully saturated rings. The van der Waals surface area contributed by atoms with Crippen LogP contribution in [-0.2, 0) is 32.7 Å². The lowest BCUT2D eigenvalue weighted by atomic mass is 10.1. The van der Waals surface area contributed by atoms with Gasteiger partial charge in [-0.25, -0.2) is 13.6 Å². The number of oxime groups is 1. The van der Waals surface area contributed by atoms with Gasteiger partial charge in [-0.15, -0.1) is 0 Å². The van der Waals surface area contributed by atoms with E-state index in [1.54, 1.807) is 12.1 Å². The molecule has 0 radical (unpaired) electrons. The number of aromatic hydroxyl groups is 1. The smallest absolute Gasteiger partial charge is 0.273 e. The monoisotopic (exact) mass is 439 g/mol. The first-order valence-electron chi connectivity index (χ1n) is 9.26. The molecule has 1 amide bonds. The zero-order valence-corrected chi connectivity index (χ0v) is 17.2. The lowest BCUT2D eigenvalue weighted by Gasteiger charge is -2.09. The highest BCUT2D eigenvalue weighted by molar-refractivity contribution is 7.89. The van der Waals surface area contributed by atoms with Gasteiger partial charge in [0.05, 0.1) is 4.90 Å². The third-order valence-electron chi connectivity index (χ3n) is 4.26. The lowest BCUT2D eigenvalue weighted by Crippen LogP contribution is -2.25. The molecule has 0 bridgehead atoms. The van der Waals surface area contributed by atoms with Crippen molar-refractivity contribution in [1.29, 1.82) is 0 Å². The second-order valence-corrected chi connectivity index (χ2v) is 8.23. The first-order chi connectivity index (χ1) is 14.8. The van der Waals surface area contributed by atoms with Gasteiger partial charge in [-0.3, -0.25) is 4.79 Å². The summed E-state index contributed by atoms with van der Waals surface area (Å²) in [4.78, 5) is 18.1. The number of hydrogen-bond acceptors (Lipinski definition) is 6. The van der Waals surface area contributed by atoms with E-state index in [-0.39, 0.29) is 29.4 Å². The van der Waals surface area contributed by atoms with Crippen molar-refractivity contribution >= 4 is 27.3 Å². The minimum absolute atomic E-state index is 0.0605. The van der Waals surface area contributed by atoms with Crippen molar-refractivity contribution in [3.8, 4) is 5.75 Å². The minimum atomic E-state index is -3.82. The van der Waals surface area contributed by atoms with Crippen LogP contribution >= 0.6 is 0 Å². The largest absolute Gasteiger partial charge is 0.508 e. The molecular formula is C22H21N3O5S. The molecule has 0 aromatic heterocycles. The number of nitrogens with one attached hydrogen (secondary N) is 1. The first-order valence-corrected chi connectivity index (χ1v) is 10.8. The van der Waals surface area contributed by atoms with Gasteiger partial charge in [-0.05, 0) is 47.5 Å². The van der Waals surface area contributed by atoms with E-state index in [1.165, 1.54) is 36.4 Å². The van der Waals surface area contributed by atoms with E-state index in [0.29, 0.717) is 5.69 Å². The van der Waals surface area contributed by atoms with Crippen molar-refractivity contribution in [2.45, 2.75) is 17.9 Å². The van der Waals surface area contributed by atoms with Crippen molar-refractivity contribution in [3.63, 3.8) is 0 Å². The average Bonchev–Trinajstić information content (AvgIpc) is 2.75. The van der Waals surface area contributed by atoms with Gasteiger partial charge in [0, 0.05) is 12.1 Å². The van der Waals surface area contributed by atoms with Crippen LogP contribution in [0.5, 0.6) is 5.75 Å². The third kappa shape index (κ3) is 6.66. The fourth-order valence-electron chi connectivity index (χ4n) is 2.65. The first kappa shape index (κ1) is 22.0. The minimum Gasteiger partial charge on any atom is -0.508 e. The molecule has 31 heavy (non-hydrogen) atoms. The highest BCUT2D eigenvalue weighted by Gasteiger charge is 2.15. The van der Waals surface area contributed by atoms with Gasteiger partial charge in [0.15, 0.2) is 0 Å². The normalized spacial score (nSPS) is 11.7. The molecule has 0 saturated heterocycles. The number of primary sulfonamides is 1. The third-order valence-corrected chi connectivity index (χ3v) is 5.19. The van der Waals surface area contributed by atoms with Crippen LogP contribution in [0.3, 0.4) is 0 Å². The van der Waals surface area contributed by atoms with Gasteiger partial charge in [0.25, 0.3) is 5.91 Å². The molecular weight excluding hydrogens is 418 g/mol. The zero-order chi connectivity index (χ0) is 22.3. The number of amides is 1. The molecule has 0 atom stereocenters. The summed E-state index contributed by atoms with van der Waals surface area (Å²) in [6.45, 7) is 0.191. The maximum atomic E-state index is 12.8. The van der Waals surface area contributed by atoms with Gasteiger partial charge in [-0.2, -0.15) is 0 Å². The van der Waals surface area contributed by atoms with Crippen LogP contribution in [0.2, 0.25) is 0 Å². The second-order valence-electron chi connectivity index (χ2n) is 6.66. The molecule has 8 nitrogen and oxygen atoms in total. The van der Waals surface area contributed by atoms with Crippen LogP contribution < -0.4 is 10.5 Å². The predicted molar refractivity (Wildman–Crippen MR) is 117 cm³/mol. The molecule has 3 aromatic rings. The van der Waals surface area contributed by atoms with Crippen molar-refractivity contribution in [2.24, 2.45) is 10.3 Å². The summed E-state index contributed by atoms with van der Waals surface area (Å²) in [6, 6.07) is 21.2. The number of benzene rings is 3. The van der Waals surface area contributed by atoms with E-state index in [2.05, 4.69) is 10.5 Å². The van der Waals surface area contributed by atoms with Gasteiger partial charge in [-0.1, -0.05) is 47.6 Å². The van der Waals surface area contributed by atoms with E-state index in [1.807, 2.05) is 30.3 Å². The predicted octanol–water partition coefficient (Wildman–Crippen LogP) is 2.79. The quantitative estimate of drug-likeness (QED) is 0.367. The number of nitrogens with two attached hydrogens (primary N) is 1. The van der Waals surface area contributed by atoms with E-state index >= 15 is 0 Å². The van der Waals surface area contributed by atoms with E-state index in [9.17, 15) is 18.3 Å². The van der Waals surface area contributed by atoms with Crippen molar-refractivity contribution in [3.05, 3.63) is 90.0 Å². The van der Waals surface area contributed by atoms with E-state index in [4.69, 9.17) is 9.98 Å². The Hall–Kier alpha value is -3.69. The maximum Gasteiger partial charge on any atom is 0.273 e. The second kappa shape index (κ2) is 9.88. The van der Waals surface area contributed by atoms with E-state index in [0.717, 1.165) is 11.1 Å². The Balaban J connectivity index is 1.75. The average molecular weight is 439 g/mol. The number of carbonyl (C=O) groups excluding carboxylic acids is 1. The van der Waals surface area contributed by atoms with Crippen molar-refractivity contribution in [2.75, 3.05) is 5.32 Å². The summed E-state index contributed by atoms with van der Waals surface area (Å²) in [5.41, 5.74) is 2.13. The molecule has 0 aliphatic heterocycles. The van der Waals surface area contributed by atoms with Crippen molar-refractivity contribution < 1.29 is 23.2 Å². The Morgan fingerprint density at radius 2 is 1.58 bits per heavy atom. The standard InChI is InChI=1S/C22H21N3O5S/c23-31(28,29)20-12-8-18(9-13-20)24-22(27)21(14-16-6-10-19(26)11-7-16)25-30-15-17-4-2-1-3-5-17/h1-13,26H,14-15H2,(H,24,27)(H2,23,28,29)/b25-21+. The number of hydrogen-bond donors (Lipinski definition) is 3. The van der Waals surface area contributed by atoms with Crippen LogP contribution in [-0.4, -0.2) is 25.1 Å². The number of anilines is 1.